The Morgan fingerprint density at radius 3 is 2.95 bits per heavy atom. The maximum atomic E-state index is 10.5. The molecular formula is C16H18N4OS. The minimum absolute atomic E-state index is 0.477. The summed E-state index contributed by atoms with van der Waals surface area (Å²) in [5.41, 5.74) is 2.14. The van der Waals surface area contributed by atoms with Gasteiger partial charge in [-0.25, -0.2) is 0 Å². The average molecular weight is 314 g/mol. The summed E-state index contributed by atoms with van der Waals surface area (Å²) in [5, 5.41) is 22.9. The van der Waals surface area contributed by atoms with Gasteiger partial charge in [-0.2, -0.15) is 5.10 Å². The molecule has 0 spiro atoms. The Morgan fingerprint density at radius 1 is 1.32 bits per heavy atom. The molecule has 1 atom stereocenters. The van der Waals surface area contributed by atoms with Crippen LogP contribution in [0.3, 0.4) is 0 Å². The van der Waals surface area contributed by atoms with E-state index in [0.29, 0.717) is 13.1 Å². The fourth-order valence-electron chi connectivity index (χ4n) is 2.32. The van der Waals surface area contributed by atoms with Crippen molar-refractivity contribution in [1.29, 1.82) is 0 Å². The van der Waals surface area contributed by atoms with E-state index in [2.05, 4.69) is 20.5 Å². The molecule has 0 saturated heterocycles. The molecule has 114 valence electrons. The van der Waals surface area contributed by atoms with Crippen molar-refractivity contribution in [2.45, 2.75) is 19.1 Å². The van der Waals surface area contributed by atoms with Crippen molar-refractivity contribution in [3.05, 3.63) is 58.7 Å². The van der Waals surface area contributed by atoms with Crippen molar-refractivity contribution in [2.75, 3.05) is 6.54 Å². The molecule has 3 heterocycles. The van der Waals surface area contributed by atoms with E-state index in [4.69, 9.17) is 0 Å². The monoisotopic (exact) mass is 314 g/mol. The number of nitrogens with zero attached hydrogens (tertiary/aromatic N) is 2. The van der Waals surface area contributed by atoms with Crippen molar-refractivity contribution in [1.82, 2.24) is 20.5 Å². The van der Waals surface area contributed by atoms with Gasteiger partial charge in [-0.05, 0) is 30.5 Å². The first kappa shape index (κ1) is 14.9. The molecule has 3 rings (SSSR count). The normalized spacial score (nSPS) is 13.9. The van der Waals surface area contributed by atoms with Crippen LogP contribution in [0.25, 0.3) is 11.3 Å². The molecule has 3 aromatic heterocycles. The van der Waals surface area contributed by atoms with Crippen LogP contribution in [0, 0.1) is 0 Å². The molecule has 0 fully saturated rings. The van der Waals surface area contributed by atoms with E-state index >= 15 is 0 Å². The van der Waals surface area contributed by atoms with E-state index in [1.165, 1.54) is 0 Å². The number of hydrogen-bond acceptors (Lipinski definition) is 5. The quantitative estimate of drug-likeness (QED) is 0.654. The number of aromatic nitrogens is 3. The van der Waals surface area contributed by atoms with Gasteiger partial charge in [-0.3, -0.25) is 10.1 Å². The number of hydrogen-bond donors (Lipinski definition) is 3. The summed E-state index contributed by atoms with van der Waals surface area (Å²) < 4.78 is 0. The van der Waals surface area contributed by atoms with Crippen molar-refractivity contribution < 1.29 is 5.11 Å². The summed E-state index contributed by atoms with van der Waals surface area (Å²) >= 11 is 1.56. The second-order valence-electron chi connectivity index (χ2n) is 5.37. The van der Waals surface area contributed by atoms with E-state index in [1.54, 1.807) is 29.9 Å². The summed E-state index contributed by atoms with van der Waals surface area (Å²) in [6.45, 7) is 2.93. The average Bonchev–Trinajstić information content (AvgIpc) is 3.20. The zero-order valence-corrected chi connectivity index (χ0v) is 13.1. The summed E-state index contributed by atoms with van der Waals surface area (Å²) in [4.78, 5) is 5.09. The molecule has 0 bridgehead atoms. The maximum absolute atomic E-state index is 10.5. The van der Waals surface area contributed by atoms with Crippen molar-refractivity contribution in [2.24, 2.45) is 0 Å². The van der Waals surface area contributed by atoms with Crippen LogP contribution >= 0.6 is 11.3 Å². The molecule has 6 heteroatoms. The molecule has 0 aliphatic carbocycles. The highest BCUT2D eigenvalue weighted by atomic mass is 32.1. The first-order valence-electron chi connectivity index (χ1n) is 7.06. The fourth-order valence-corrected chi connectivity index (χ4v) is 3.11. The summed E-state index contributed by atoms with van der Waals surface area (Å²) in [5.74, 6) is 0. The summed E-state index contributed by atoms with van der Waals surface area (Å²) in [6, 6.07) is 7.79. The van der Waals surface area contributed by atoms with Gasteiger partial charge in [0.25, 0.3) is 0 Å². The molecule has 0 aliphatic rings. The highest BCUT2D eigenvalue weighted by molar-refractivity contribution is 7.10. The van der Waals surface area contributed by atoms with E-state index in [9.17, 15) is 5.11 Å². The third-order valence-electron chi connectivity index (χ3n) is 3.50. The molecule has 0 radical (unpaired) electrons. The maximum Gasteiger partial charge on any atom is 0.108 e. The molecule has 3 aromatic rings. The van der Waals surface area contributed by atoms with Crippen LogP contribution in [0.4, 0.5) is 0 Å². The number of thiophene rings is 1. The second kappa shape index (κ2) is 6.39. The standard InChI is InChI=1S/C16H18N4OS/c1-16(21,14-5-3-7-22-14)11-18-9-13-10-19-20-15(13)12-4-2-6-17-8-12/h2-8,10,18,21H,9,11H2,1H3,(H,19,20). The van der Waals surface area contributed by atoms with Crippen molar-refractivity contribution in [3.63, 3.8) is 0 Å². The lowest BCUT2D eigenvalue weighted by molar-refractivity contribution is 0.0604. The predicted molar refractivity (Wildman–Crippen MR) is 87.4 cm³/mol. The molecular weight excluding hydrogens is 296 g/mol. The molecule has 1 unspecified atom stereocenters. The number of pyridine rings is 1. The highest BCUT2D eigenvalue weighted by Gasteiger charge is 2.23. The van der Waals surface area contributed by atoms with Gasteiger partial charge in [0, 0.05) is 41.5 Å². The Bertz CT molecular complexity index is 707. The van der Waals surface area contributed by atoms with Gasteiger partial charge in [-0.1, -0.05) is 6.07 Å². The molecule has 0 amide bonds. The van der Waals surface area contributed by atoms with Crippen molar-refractivity contribution in [3.8, 4) is 11.3 Å². The van der Waals surface area contributed by atoms with Gasteiger partial charge in [0.05, 0.1) is 11.9 Å². The lowest BCUT2D eigenvalue weighted by Gasteiger charge is -2.22. The van der Waals surface area contributed by atoms with Crippen LogP contribution < -0.4 is 5.32 Å². The van der Waals surface area contributed by atoms with Crippen molar-refractivity contribution >= 4 is 11.3 Å². The van der Waals surface area contributed by atoms with Gasteiger partial charge >= 0.3 is 0 Å². The van der Waals surface area contributed by atoms with Crippen LogP contribution in [-0.4, -0.2) is 26.8 Å². The molecule has 22 heavy (non-hydrogen) atoms. The lowest BCUT2D eigenvalue weighted by atomic mass is 10.0. The number of aromatic amines is 1. The zero-order valence-electron chi connectivity index (χ0n) is 12.3. The Labute approximate surface area is 133 Å². The SMILES string of the molecule is CC(O)(CNCc1cn[nH]c1-c1cccnc1)c1cccs1. The Hall–Kier alpha value is -2.02. The van der Waals surface area contributed by atoms with E-state index in [1.807, 2.05) is 36.6 Å². The Morgan fingerprint density at radius 2 is 2.23 bits per heavy atom. The Kier molecular flexibility index (Phi) is 4.33. The second-order valence-corrected chi connectivity index (χ2v) is 6.31. The van der Waals surface area contributed by atoms with E-state index in [0.717, 1.165) is 21.7 Å². The number of rotatable bonds is 6. The minimum atomic E-state index is -0.869. The summed E-state index contributed by atoms with van der Waals surface area (Å²) in [6.07, 6.45) is 5.35. The predicted octanol–water partition coefficient (Wildman–Crippen LogP) is 2.53. The van der Waals surface area contributed by atoms with E-state index < -0.39 is 5.60 Å². The third kappa shape index (κ3) is 3.24. The van der Waals surface area contributed by atoms with Gasteiger partial charge < -0.3 is 10.4 Å². The van der Waals surface area contributed by atoms with Gasteiger partial charge in [0.1, 0.15) is 5.60 Å². The molecule has 5 nitrogen and oxygen atoms in total. The largest absolute Gasteiger partial charge is 0.383 e. The van der Waals surface area contributed by atoms with Crippen LogP contribution in [-0.2, 0) is 12.1 Å². The zero-order chi connectivity index (χ0) is 15.4. The molecule has 3 N–H and O–H groups in total. The van der Waals surface area contributed by atoms with Crippen LogP contribution in [0.2, 0.25) is 0 Å². The topological polar surface area (TPSA) is 73.8 Å². The minimum Gasteiger partial charge on any atom is -0.383 e. The Balaban J connectivity index is 1.65. The first-order valence-corrected chi connectivity index (χ1v) is 7.94. The fraction of sp³-hybridized carbons (Fsp3) is 0.250. The van der Waals surface area contributed by atoms with E-state index in [-0.39, 0.29) is 0 Å². The van der Waals surface area contributed by atoms with Crippen LogP contribution in [0.5, 0.6) is 0 Å². The van der Waals surface area contributed by atoms with Gasteiger partial charge in [-0.15, -0.1) is 11.3 Å². The molecule has 0 saturated carbocycles. The van der Waals surface area contributed by atoms with Crippen LogP contribution in [0.15, 0.2) is 48.2 Å². The van der Waals surface area contributed by atoms with Gasteiger partial charge in [0.15, 0.2) is 0 Å². The number of aliphatic hydroxyl groups is 1. The lowest BCUT2D eigenvalue weighted by Crippen LogP contribution is -2.34. The van der Waals surface area contributed by atoms with Crippen LogP contribution in [0.1, 0.15) is 17.4 Å². The molecule has 0 aliphatic heterocycles. The molecule has 0 aromatic carbocycles. The third-order valence-corrected chi connectivity index (χ3v) is 4.63. The highest BCUT2D eigenvalue weighted by Crippen LogP contribution is 2.25. The van der Waals surface area contributed by atoms with Gasteiger partial charge in [0.2, 0.25) is 0 Å². The number of nitrogens with one attached hydrogen (secondary N) is 2. The number of H-pyrrole nitrogens is 1. The summed E-state index contributed by atoms with van der Waals surface area (Å²) in [7, 11) is 0. The smallest absolute Gasteiger partial charge is 0.108 e. The first-order chi connectivity index (χ1) is 10.7.